The van der Waals surface area contributed by atoms with Crippen LogP contribution >= 0.6 is 0 Å². The Bertz CT molecular complexity index is 1950. The molecule has 0 bridgehead atoms. The number of methoxy groups -OCH3 is 1. The number of nitrogens with two attached hydrogens (primary N) is 1. The highest BCUT2D eigenvalue weighted by atomic mass is 35.5. The Morgan fingerprint density at radius 2 is 1.27 bits per heavy atom. The van der Waals surface area contributed by atoms with E-state index in [0.29, 0.717) is 12.1 Å². The smallest absolute Gasteiger partial charge is 0.514 e. The molecule has 0 radical (unpaired) electrons. The summed E-state index contributed by atoms with van der Waals surface area (Å²) in [6.45, 7) is 7.68. The van der Waals surface area contributed by atoms with E-state index in [9.17, 15) is 48.7 Å². The lowest BCUT2D eigenvalue weighted by atomic mass is 9.92. The third kappa shape index (κ3) is 11.4. The molecular formula is C39H38ClF10NO5. The van der Waals surface area contributed by atoms with Gasteiger partial charge >= 0.3 is 24.7 Å². The number of para-hydroxylation sites is 2. The second-order valence-electron chi connectivity index (χ2n) is 13.2. The first-order valence-electron chi connectivity index (χ1n) is 16.8. The summed E-state index contributed by atoms with van der Waals surface area (Å²) in [7, 11) is 1.24. The Morgan fingerprint density at radius 1 is 0.696 bits per heavy atom. The van der Waals surface area contributed by atoms with Crippen molar-refractivity contribution in [1.82, 2.24) is 0 Å². The highest BCUT2D eigenvalue weighted by Gasteiger charge is 2.40. The van der Waals surface area contributed by atoms with Crippen molar-refractivity contribution in [3.63, 3.8) is 0 Å². The van der Waals surface area contributed by atoms with E-state index in [0.717, 1.165) is 24.3 Å². The lowest BCUT2D eigenvalue weighted by Crippen LogP contribution is -3.00. The van der Waals surface area contributed by atoms with Crippen molar-refractivity contribution in [3.05, 3.63) is 112 Å². The fraction of sp³-hybridized carbons (Fsp3) is 0.359. The predicted octanol–water partition coefficient (Wildman–Crippen LogP) is 7.88. The number of benzene rings is 4. The molecule has 0 heterocycles. The van der Waals surface area contributed by atoms with Crippen LogP contribution in [0.2, 0.25) is 0 Å². The highest BCUT2D eigenvalue weighted by Crippen LogP contribution is 2.41. The van der Waals surface area contributed by atoms with Crippen LogP contribution in [0.4, 0.5) is 48.7 Å². The molecule has 2 atom stereocenters. The number of halogens is 11. The molecule has 0 unspecified atom stereocenters. The second kappa shape index (κ2) is 18.0. The van der Waals surface area contributed by atoms with Gasteiger partial charge in [-0.3, -0.25) is 0 Å². The zero-order valence-electron chi connectivity index (χ0n) is 30.7. The molecular weight excluding hydrogens is 788 g/mol. The van der Waals surface area contributed by atoms with Crippen LogP contribution in [0, 0.1) is 5.82 Å². The molecule has 0 saturated carbocycles. The van der Waals surface area contributed by atoms with Gasteiger partial charge in [0.15, 0.2) is 17.6 Å². The van der Waals surface area contributed by atoms with Crippen LogP contribution in [0.5, 0.6) is 17.2 Å². The van der Waals surface area contributed by atoms with Crippen molar-refractivity contribution in [1.29, 1.82) is 0 Å². The predicted molar refractivity (Wildman–Crippen MR) is 181 cm³/mol. The van der Waals surface area contributed by atoms with Gasteiger partial charge < -0.3 is 36.7 Å². The lowest BCUT2D eigenvalue weighted by Gasteiger charge is -2.25. The molecule has 4 rings (SSSR count). The highest BCUT2D eigenvalue weighted by molar-refractivity contribution is 5.75. The van der Waals surface area contributed by atoms with Gasteiger partial charge in [-0.15, -0.1) is 0 Å². The molecule has 0 spiro atoms. The van der Waals surface area contributed by atoms with Gasteiger partial charge in [0.2, 0.25) is 0 Å². The molecule has 0 aromatic heterocycles. The molecule has 0 fully saturated rings. The SMILES string of the molecule is COc1cc(F)c(C(C)C)cc1-c1ccc(C(F)(F)F)cc1C[NH2+][C@@H](C)[C@H](OC(=O)Oc1ccccc1OC(C)C)c1cc(C(F)(F)F)cc(C(F)(F)F)c1.[Cl-]. The van der Waals surface area contributed by atoms with Crippen molar-refractivity contribution in [3.8, 4) is 28.4 Å². The maximum atomic E-state index is 14.9. The molecule has 306 valence electrons. The maximum Gasteiger partial charge on any atom is 0.514 e. The average molecular weight is 826 g/mol. The summed E-state index contributed by atoms with van der Waals surface area (Å²) in [6.07, 6.45) is -19.1. The van der Waals surface area contributed by atoms with E-state index in [1.54, 1.807) is 33.8 Å². The summed E-state index contributed by atoms with van der Waals surface area (Å²) in [6, 6.07) is 10.5. The van der Waals surface area contributed by atoms with E-state index in [-0.39, 0.29) is 76.5 Å². The van der Waals surface area contributed by atoms with E-state index in [2.05, 4.69) is 0 Å². The van der Waals surface area contributed by atoms with Crippen LogP contribution in [0.1, 0.15) is 80.0 Å². The molecule has 0 aliphatic heterocycles. The number of quaternary nitrogens is 1. The normalized spacial score (nSPS) is 13.2. The zero-order valence-corrected chi connectivity index (χ0v) is 31.5. The van der Waals surface area contributed by atoms with Crippen LogP contribution in [-0.2, 0) is 29.8 Å². The van der Waals surface area contributed by atoms with Crippen molar-refractivity contribution < 1.29 is 85.4 Å². The van der Waals surface area contributed by atoms with Crippen LogP contribution in [0.25, 0.3) is 11.1 Å². The number of ether oxygens (including phenoxy) is 4. The zero-order chi connectivity index (χ0) is 41.0. The fourth-order valence-corrected chi connectivity index (χ4v) is 5.76. The second-order valence-corrected chi connectivity index (χ2v) is 13.2. The number of rotatable bonds is 12. The first-order chi connectivity index (χ1) is 25.5. The van der Waals surface area contributed by atoms with Gasteiger partial charge in [0.05, 0.1) is 29.9 Å². The summed E-state index contributed by atoms with van der Waals surface area (Å²) < 4.78 is 162. The Kier molecular flexibility index (Phi) is 14.7. The van der Waals surface area contributed by atoms with E-state index in [1.165, 1.54) is 43.6 Å². The molecule has 17 heteroatoms. The summed E-state index contributed by atoms with van der Waals surface area (Å²) in [5.41, 5.74) is -4.54. The number of hydrogen-bond donors (Lipinski definition) is 1. The van der Waals surface area contributed by atoms with Gasteiger partial charge in [-0.05, 0) is 91.9 Å². The minimum absolute atomic E-state index is 0. The van der Waals surface area contributed by atoms with Gasteiger partial charge in [-0.2, -0.15) is 39.5 Å². The van der Waals surface area contributed by atoms with Gasteiger partial charge in [0.1, 0.15) is 24.2 Å². The summed E-state index contributed by atoms with van der Waals surface area (Å²) in [5.74, 6) is -1.05. The molecule has 4 aromatic rings. The van der Waals surface area contributed by atoms with Crippen LogP contribution in [0.3, 0.4) is 0 Å². The molecule has 6 nitrogen and oxygen atoms in total. The monoisotopic (exact) mass is 825 g/mol. The molecule has 0 saturated heterocycles. The molecule has 56 heavy (non-hydrogen) atoms. The number of alkyl halides is 9. The number of hydrogen-bond acceptors (Lipinski definition) is 5. The van der Waals surface area contributed by atoms with Gasteiger partial charge in [-0.25, -0.2) is 9.18 Å². The summed E-state index contributed by atoms with van der Waals surface area (Å²) in [4.78, 5) is 13.2. The summed E-state index contributed by atoms with van der Waals surface area (Å²) >= 11 is 0. The first-order valence-corrected chi connectivity index (χ1v) is 16.8. The Balaban J connectivity index is 0.00000841. The van der Waals surface area contributed by atoms with Crippen LogP contribution in [-0.4, -0.2) is 25.4 Å². The fourth-order valence-electron chi connectivity index (χ4n) is 5.76. The molecule has 0 aliphatic carbocycles. The van der Waals surface area contributed by atoms with Crippen molar-refractivity contribution in [2.45, 2.75) is 83.9 Å². The quantitative estimate of drug-likeness (QED) is 0.0895. The standard InChI is InChI=1S/C39H37F10NO5.ClH/c1-20(2)29-17-30(34(52-6)18-31(29)40)28-12-11-25(37(41,42)43)15-24(28)19-50-22(5)35(23-13-26(38(44,45)46)16-27(14-23)39(47,48)49)55-36(51)54-33-10-8-7-9-32(33)53-21(3)4;/h7-18,20-22,35,50H,19H2,1-6H3;1H/t22-,35-;/m0./s1. The Morgan fingerprint density at radius 3 is 1.79 bits per heavy atom. The van der Waals surface area contributed by atoms with Crippen molar-refractivity contribution in [2.75, 3.05) is 7.11 Å². The first kappa shape index (κ1) is 45.7. The summed E-state index contributed by atoms with van der Waals surface area (Å²) in [5, 5.41) is 1.28. The maximum absolute atomic E-state index is 14.9. The third-order valence-corrected chi connectivity index (χ3v) is 8.42. The molecule has 4 aromatic carbocycles. The largest absolute Gasteiger partial charge is 1.00 e. The van der Waals surface area contributed by atoms with E-state index in [1.807, 2.05) is 0 Å². The van der Waals surface area contributed by atoms with E-state index >= 15 is 0 Å². The Hall–Kier alpha value is -4.70. The molecule has 2 N–H and O–H groups in total. The van der Waals surface area contributed by atoms with Gasteiger partial charge in [0, 0.05) is 17.2 Å². The minimum Gasteiger partial charge on any atom is -1.00 e. The van der Waals surface area contributed by atoms with E-state index in [4.69, 9.17) is 18.9 Å². The average Bonchev–Trinajstić information content (AvgIpc) is 3.08. The lowest BCUT2D eigenvalue weighted by molar-refractivity contribution is -0.708. The van der Waals surface area contributed by atoms with Gasteiger partial charge in [-0.1, -0.05) is 32.0 Å². The van der Waals surface area contributed by atoms with Crippen LogP contribution < -0.4 is 31.9 Å². The van der Waals surface area contributed by atoms with E-state index < -0.39 is 64.9 Å². The number of carbonyl (C=O) groups excluding carboxylic acids is 1. The third-order valence-electron chi connectivity index (χ3n) is 8.42. The molecule has 0 amide bonds. The topological polar surface area (TPSA) is 70.6 Å². The van der Waals surface area contributed by atoms with Crippen LogP contribution in [0.15, 0.2) is 72.8 Å². The van der Waals surface area contributed by atoms with Crippen molar-refractivity contribution >= 4 is 6.16 Å². The number of carbonyl (C=O) groups is 1. The van der Waals surface area contributed by atoms with Gasteiger partial charge in [0.25, 0.3) is 0 Å². The minimum atomic E-state index is -5.25. The van der Waals surface area contributed by atoms with Crippen molar-refractivity contribution in [2.24, 2.45) is 0 Å². The Labute approximate surface area is 322 Å². The molecule has 0 aliphatic rings.